The third-order valence-electron chi connectivity index (χ3n) is 4.67. The number of hydrogen-bond donors (Lipinski definition) is 1. The summed E-state index contributed by atoms with van der Waals surface area (Å²) in [6.45, 7) is 2.23. The SMILES string of the molecule is CCOC(=O)C(C=NC1CCCCC1)=C(O)c1c(F)c(C)c(F)c(F)c1[N+](=O)[O-]. The van der Waals surface area contributed by atoms with Crippen molar-refractivity contribution in [1.29, 1.82) is 0 Å². The molecule has 0 atom stereocenters. The number of nitro benzene ring substituents is 1. The fourth-order valence-electron chi connectivity index (χ4n) is 3.12. The van der Waals surface area contributed by atoms with E-state index in [1.54, 1.807) is 0 Å². The number of aliphatic hydroxyl groups excluding tert-OH is 1. The number of aliphatic imine (C=N–C) groups is 1. The fraction of sp³-hybridized carbons (Fsp3) is 0.474. The van der Waals surface area contributed by atoms with Crippen LogP contribution in [-0.2, 0) is 9.53 Å². The summed E-state index contributed by atoms with van der Waals surface area (Å²) >= 11 is 0. The minimum atomic E-state index is -1.94. The maximum absolute atomic E-state index is 14.6. The number of ether oxygens (including phenoxy) is 1. The van der Waals surface area contributed by atoms with Gasteiger partial charge in [0, 0.05) is 17.8 Å². The average Bonchev–Trinajstić information content (AvgIpc) is 2.69. The molecule has 0 heterocycles. The predicted octanol–water partition coefficient (Wildman–Crippen LogP) is 4.56. The van der Waals surface area contributed by atoms with Gasteiger partial charge in [0.1, 0.15) is 22.7 Å². The molecule has 0 aliphatic heterocycles. The van der Waals surface area contributed by atoms with Gasteiger partial charge in [-0.15, -0.1) is 0 Å². The minimum Gasteiger partial charge on any atom is -0.506 e. The molecule has 0 saturated heterocycles. The highest BCUT2D eigenvalue weighted by Gasteiger charge is 2.35. The van der Waals surface area contributed by atoms with Gasteiger partial charge in [0.05, 0.1) is 11.5 Å². The van der Waals surface area contributed by atoms with Gasteiger partial charge in [0.25, 0.3) is 0 Å². The summed E-state index contributed by atoms with van der Waals surface area (Å²) in [5.41, 5.74) is -4.40. The Balaban J connectivity index is 2.69. The summed E-state index contributed by atoms with van der Waals surface area (Å²) < 4.78 is 47.3. The Labute approximate surface area is 165 Å². The predicted molar refractivity (Wildman–Crippen MR) is 99.3 cm³/mol. The molecule has 1 fully saturated rings. The lowest BCUT2D eigenvalue weighted by atomic mass is 9.96. The van der Waals surface area contributed by atoms with Crippen LogP contribution in [0.15, 0.2) is 10.6 Å². The topological polar surface area (TPSA) is 102 Å². The van der Waals surface area contributed by atoms with Crippen molar-refractivity contribution in [3.63, 3.8) is 0 Å². The van der Waals surface area contributed by atoms with E-state index >= 15 is 0 Å². The lowest BCUT2D eigenvalue weighted by Crippen LogP contribution is -2.16. The molecule has 7 nitrogen and oxygen atoms in total. The van der Waals surface area contributed by atoms with Crippen molar-refractivity contribution in [3.05, 3.63) is 44.3 Å². The molecule has 1 N–H and O–H groups in total. The maximum Gasteiger partial charge on any atom is 0.343 e. The molecule has 2 rings (SSSR count). The van der Waals surface area contributed by atoms with Crippen molar-refractivity contribution in [3.8, 4) is 0 Å². The second-order valence-corrected chi connectivity index (χ2v) is 6.60. The number of rotatable bonds is 6. The van der Waals surface area contributed by atoms with E-state index in [4.69, 9.17) is 4.74 Å². The van der Waals surface area contributed by atoms with Gasteiger partial charge in [-0.2, -0.15) is 4.39 Å². The molecule has 1 aromatic carbocycles. The van der Waals surface area contributed by atoms with Crippen molar-refractivity contribution in [1.82, 2.24) is 0 Å². The summed E-state index contributed by atoms with van der Waals surface area (Å²) in [5.74, 6) is -7.61. The molecule has 0 bridgehead atoms. The summed E-state index contributed by atoms with van der Waals surface area (Å²) in [4.78, 5) is 26.3. The van der Waals surface area contributed by atoms with Crippen LogP contribution in [0, 0.1) is 34.5 Å². The number of hydrogen-bond acceptors (Lipinski definition) is 6. The van der Waals surface area contributed by atoms with E-state index in [9.17, 15) is 33.2 Å². The molecule has 0 spiro atoms. The van der Waals surface area contributed by atoms with Gasteiger partial charge in [-0.05, 0) is 26.7 Å². The van der Waals surface area contributed by atoms with Crippen molar-refractivity contribution >= 4 is 23.6 Å². The highest BCUT2D eigenvalue weighted by atomic mass is 19.2. The zero-order valence-corrected chi connectivity index (χ0v) is 16.0. The van der Waals surface area contributed by atoms with Crippen LogP contribution < -0.4 is 0 Å². The average molecular weight is 414 g/mol. The lowest BCUT2D eigenvalue weighted by molar-refractivity contribution is -0.388. The molecule has 0 amide bonds. The van der Waals surface area contributed by atoms with Gasteiger partial charge in [-0.3, -0.25) is 15.1 Å². The Morgan fingerprint density at radius 3 is 2.41 bits per heavy atom. The molecular weight excluding hydrogens is 393 g/mol. The Bertz CT molecular complexity index is 877. The van der Waals surface area contributed by atoms with Crippen LogP contribution in [-0.4, -0.2) is 34.9 Å². The fourth-order valence-corrected chi connectivity index (χ4v) is 3.12. The summed E-state index contributed by atoms with van der Waals surface area (Å²) in [6, 6.07) is -0.146. The number of nitrogens with zero attached hydrogens (tertiary/aromatic N) is 2. The van der Waals surface area contributed by atoms with E-state index in [1.807, 2.05) is 0 Å². The maximum atomic E-state index is 14.6. The van der Waals surface area contributed by atoms with Crippen LogP contribution in [0.1, 0.15) is 50.2 Å². The van der Waals surface area contributed by atoms with E-state index in [2.05, 4.69) is 4.99 Å². The summed E-state index contributed by atoms with van der Waals surface area (Å²) in [7, 11) is 0. The Morgan fingerprint density at radius 1 is 1.24 bits per heavy atom. The number of aliphatic hydroxyl groups is 1. The molecule has 29 heavy (non-hydrogen) atoms. The van der Waals surface area contributed by atoms with E-state index in [0.717, 1.165) is 45.2 Å². The van der Waals surface area contributed by atoms with Crippen molar-refractivity contribution in [2.75, 3.05) is 6.61 Å². The highest BCUT2D eigenvalue weighted by Crippen LogP contribution is 2.35. The number of carbonyl (C=O) groups is 1. The smallest absolute Gasteiger partial charge is 0.343 e. The number of esters is 1. The second-order valence-electron chi connectivity index (χ2n) is 6.60. The number of halogens is 3. The Kier molecular flexibility index (Phi) is 7.35. The summed E-state index contributed by atoms with van der Waals surface area (Å²) in [5, 5.41) is 21.7. The second kappa shape index (κ2) is 9.53. The van der Waals surface area contributed by atoms with E-state index < -0.39 is 56.5 Å². The van der Waals surface area contributed by atoms with Crippen LogP contribution >= 0.6 is 0 Å². The monoisotopic (exact) mass is 414 g/mol. The molecule has 1 saturated carbocycles. The van der Waals surface area contributed by atoms with Crippen molar-refractivity contribution in [2.45, 2.75) is 52.0 Å². The molecule has 0 unspecified atom stereocenters. The van der Waals surface area contributed by atoms with Gasteiger partial charge in [0.15, 0.2) is 5.82 Å². The highest BCUT2D eigenvalue weighted by molar-refractivity contribution is 6.15. The first kappa shape index (κ1) is 22.4. The van der Waals surface area contributed by atoms with E-state index in [0.29, 0.717) is 0 Å². The van der Waals surface area contributed by atoms with Crippen LogP contribution in [0.25, 0.3) is 5.76 Å². The third kappa shape index (κ3) is 4.75. The van der Waals surface area contributed by atoms with Gasteiger partial charge in [-0.25, -0.2) is 13.6 Å². The Morgan fingerprint density at radius 2 is 1.86 bits per heavy atom. The van der Waals surface area contributed by atoms with Gasteiger partial charge in [0.2, 0.25) is 5.82 Å². The molecular formula is C19H21F3N2O5. The third-order valence-corrected chi connectivity index (χ3v) is 4.67. The van der Waals surface area contributed by atoms with Crippen molar-refractivity contribution in [2.24, 2.45) is 4.99 Å². The van der Waals surface area contributed by atoms with Crippen LogP contribution in [0.3, 0.4) is 0 Å². The van der Waals surface area contributed by atoms with Crippen LogP contribution in [0.2, 0.25) is 0 Å². The number of carbonyl (C=O) groups excluding carboxylic acids is 1. The first-order valence-corrected chi connectivity index (χ1v) is 9.15. The number of nitro groups is 1. The molecule has 0 aromatic heterocycles. The molecule has 10 heteroatoms. The zero-order chi connectivity index (χ0) is 21.7. The van der Waals surface area contributed by atoms with Crippen molar-refractivity contribution < 1.29 is 32.7 Å². The van der Waals surface area contributed by atoms with E-state index in [-0.39, 0.29) is 12.6 Å². The first-order chi connectivity index (χ1) is 13.7. The quantitative estimate of drug-likeness (QED) is 0.140. The number of benzene rings is 1. The van der Waals surface area contributed by atoms with Gasteiger partial charge < -0.3 is 9.84 Å². The molecule has 1 aliphatic carbocycles. The lowest BCUT2D eigenvalue weighted by Gasteiger charge is -2.17. The first-order valence-electron chi connectivity index (χ1n) is 9.15. The standard InChI is InChI=1S/C19H21F3N2O5/c1-3-29-19(26)12(9-23-11-7-5-4-6-8-11)18(25)13-14(20)10(2)15(21)16(22)17(13)24(27)28/h9,11,25H,3-8H2,1-2H3. The van der Waals surface area contributed by atoms with E-state index in [1.165, 1.54) is 6.92 Å². The van der Waals surface area contributed by atoms with Gasteiger partial charge >= 0.3 is 11.7 Å². The molecule has 1 aliphatic rings. The van der Waals surface area contributed by atoms with Crippen LogP contribution in [0.4, 0.5) is 18.9 Å². The largest absolute Gasteiger partial charge is 0.506 e. The molecule has 158 valence electrons. The normalized spacial score (nSPS) is 16.0. The zero-order valence-electron chi connectivity index (χ0n) is 16.0. The Hall–Kier alpha value is -2.91. The molecule has 0 radical (unpaired) electrons. The molecule has 1 aromatic rings. The minimum absolute atomic E-state index is 0.103. The van der Waals surface area contributed by atoms with Gasteiger partial charge in [-0.1, -0.05) is 19.3 Å². The summed E-state index contributed by atoms with van der Waals surface area (Å²) in [6.07, 6.45) is 5.33. The van der Waals surface area contributed by atoms with Crippen LogP contribution in [0.5, 0.6) is 0 Å².